The van der Waals surface area contributed by atoms with Crippen molar-refractivity contribution in [2.75, 3.05) is 11.4 Å². The first-order valence-corrected chi connectivity index (χ1v) is 5.44. The molecule has 1 aliphatic heterocycles. The van der Waals surface area contributed by atoms with Crippen molar-refractivity contribution in [2.24, 2.45) is 0 Å². The minimum Gasteiger partial charge on any atom is -0.369 e. The zero-order valence-corrected chi connectivity index (χ0v) is 9.03. The minimum absolute atomic E-state index is 0.589. The highest BCUT2D eigenvalue weighted by Crippen LogP contribution is 2.23. The number of benzene rings is 1. The molecule has 1 heteroatoms. The first-order chi connectivity index (χ1) is 6.77. The Morgan fingerprint density at radius 1 is 1.21 bits per heavy atom. The molecule has 75 valence electrons. The van der Waals surface area contributed by atoms with Gasteiger partial charge in [-0.05, 0) is 45.2 Å². The first kappa shape index (κ1) is 9.57. The van der Waals surface area contributed by atoms with Gasteiger partial charge in [0.15, 0.2) is 0 Å². The van der Waals surface area contributed by atoms with Crippen LogP contribution < -0.4 is 4.90 Å². The van der Waals surface area contributed by atoms with Crippen LogP contribution in [-0.2, 0) is 0 Å². The van der Waals surface area contributed by atoms with Crippen molar-refractivity contribution < 1.29 is 0 Å². The van der Waals surface area contributed by atoms with Gasteiger partial charge in [-0.3, -0.25) is 0 Å². The Labute approximate surface area is 86.7 Å². The number of aryl methyl sites for hydroxylation is 1. The van der Waals surface area contributed by atoms with Gasteiger partial charge < -0.3 is 4.90 Å². The molecule has 1 radical (unpaired) electrons. The zero-order chi connectivity index (χ0) is 9.97. The van der Waals surface area contributed by atoms with Crippen LogP contribution in [0.4, 0.5) is 5.69 Å². The number of anilines is 1. The molecule has 1 nitrogen and oxygen atoms in total. The Kier molecular flexibility index (Phi) is 2.76. The van der Waals surface area contributed by atoms with Crippen LogP contribution in [0.2, 0.25) is 0 Å². The second-order valence-corrected chi connectivity index (χ2v) is 4.15. The van der Waals surface area contributed by atoms with E-state index >= 15 is 0 Å². The molecule has 1 saturated heterocycles. The van der Waals surface area contributed by atoms with Gasteiger partial charge in [0.25, 0.3) is 0 Å². The maximum atomic E-state index is 2.48. The molecular formula is C13H18N. The Bertz CT molecular complexity index is 289. The smallest absolute Gasteiger partial charge is 0.0368 e. The van der Waals surface area contributed by atoms with Gasteiger partial charge in [0.2, 0.25) is 0 Å². The van der Waals surface area contributed by atoms with Gasteiger partial charge in [-0.1, -0.05) is 17.7 Å². The van der Waals surface area contributed by atoms with Gasteiger partial charge in [0, 0.05) is 18.3 Å². The van der Waals surface area contributed by atoms with E-state index in [1.807, 2.05) is 0 Å². The lowest BCUT2D eigenvalue weighted by Crippen LogP contribution is -2.37. The van der Waals surface area contributed by atoms with Crippen LogP contribution in [0.15, 0.2) is 24.3 Å². The van der Waals surface area contributed by atoms with Crippen LogP contribution in [0, 0.1) is 13.3 Å². The summed E-state index contributed by atoms with van der Waals surface area (Å²) in [7, 11) is 0. The average molecular weight is 188 g/mol. The first-order valence-electron chi connectivity index (χ1n) is 5.44. The van der Waals surface area contributed by atoms with Crippen LogP contribution in [0.25, 0.3) is 0 Å². The van der Waals surface area contributed by atoms with E-state index in [2.05, 4.69) is 49.4 Å². The lowest BCUT2D eigenvalue weighted by molar-refractivity contribution is 0.581. The van der Waals surface area contributed by atoms with Crippen LogP contribution in [0.5, 0.6) is 0 Å². The molecule has 0 aromatic heterocycles. The molecule has 1 aromatic rings. The average Bonchev–Trinajstić information content (AvgIpc) is 2.20. The van der Waals surface area contributed by atoms with Crippen molar-refractivity contribution in [3.63, 3.8) is 0 Å². The fourth-order valence-corrected chi connectivity index (χ4v) is 2.05. The van der Waals surface area contributed by atoms with E-state index in [1.165, 1.54) is 30.6 Å². The summed E-state index contributed by atoms with van der Waals surface area (Å²) in [6, 6.07) is 9.43. The maximum absolute atomic E-state index is 2.48. The standard InChI is InChI=1S/C13H18N/c1-11-6-8-13(9-7-11)14-10-4-3-5-12(14)2/h5-9,12H,3-4,10H2,1-2H3. The molecule has 1 atom stereocenters. The highest BCUT2D eigenvalue weighted by molar-refractivity contribution is 5.49. The van der Waals surface area contributed by atoms with E-state index in [0.717, 1.165) is 0 Å². The molecule has 1 aromatic carbocycles. The van der Waals surface area contributed by atoms with Gasteiger partial charge in [-0.2, -0.15) is 0 Å². The van der Waals surface area contributed by atoms with E-state index in [-0.39, 0.29) is 0 Å². The van der Waals surface area contributed by atoms with Crippen molar-refractivity contribution >= 4 is 5.69 Å². The molecule has 2 rings (SSSR count). The summed E-state index contributed by atoms with van der Waals surface area (Å²) in [5.41, 5.74) is 2.70. The van der Waals surface area contributed by atoms with Crippen molar-refractivity contribution in [1.82, 2.24) is 0 Å². The number of piperidine rings is 1. The fourth-order valence-electron chi connectivity index (χ4n) is 2.05. The van der Waals surface area contributed by atoms with Crippen molar-refractivity contribution in [2.45, 2.75) is 32.7 Å². The molecule has 14 heavy (non-hydrogen) atoms. The number of nitrogens with zero attached hydrogens (tertiary/aromatic N) is 1. The normalized spacial score (nSPS) is 22.4. The summed E-state index contributed by atoms with van der Waals surface area (Å²) < 4.78 is 0. The minimum atomic E-state index is 0.589. The Hall–Kier alpha value is -0.980. The van der Waals surface area contributed by atoms with E-state index in [1.54, 1.807) is 0 Å². The highest BCUT2D eigenvalue weighted by Gasteiger charge is 2.18. The van der Waals surface area contributed by atoms with Crippen molar-refractivity contribution in [3.8, 4) is 0 Å². The largest absolute Gasteiger partial charge is 0.369 e. The second-order valence-electron chi connectivity index (χ2n) is 4.15. The Morgan fingerprint density at radius 3 is 2.57 bits per heavy atom. The third kappa shape index (κ3) is 1.92. The predicted molar refractivity (Wildman–Crippen MR) is 61.5 cm³/mol. The highest BCUT2D eigenvalue weighted by atomic mass is 15.2. The molecular weight excluding hydrogens is 170 g/mol. The number of hydrogen-bond donors (Lipinski definition) is 0. The fraction of sp³-hybridized carbons (Fsp3) is 0.462. The van der Waals surface area contributed by atoms with Gasteiger partial charge in [0.1, 0.15) is 0 Å². The van der Waals surface area contributed by atoms with Crippen molar-refractivity contribution in [1.29, 1.82) is 0 Å². The van der Waals surface area contributed by atoms with Gasteiger partial charge in [0.05, 0.1) is 0 Å². The molecule has 0 amide bonds. The molecule has 0 bridgehead atoms. The SMILES string of the molecule is Cc1ccc(N2CCC[CH]C2C)cc1. The maximum Gasteiger partial charge on any atom is 0.0368 e. The van der Waals surface area contributed by atoms with Gasteiger partial charge in [-0.15, -0.1) is 0 Å². The summed E-state index contributed by atoms with van der Waals surface area (Å²) in [5.74, 6) is 0. The van der Waals surface area contributed by atoms with Crippen LogP contribution >= 0.6 is 0 Å². The van der Waals surface area contributed by atoms with Crippen LogP contribution in [0.1, 0.15) is 25.3 Å². The third-order valence-electron chi connectivity index (χ3n) is 2.97. The summed E-state index contributed by atoms with van der Waals surface area (Å²) in [4.78, 5) is 2.48. The molecule has 0 N–H and O–H groups in total. The molecule has 0 saturated carbocycles. The molecule has 1 fully saturated rings. The molecule has 0 spiro atoms. The van der Waals surface area contributed by atoms with E-state index < -0.39 is 0 Å². The van der Waals surface area contributed by atoms with E-state index in [9.17, 15) is 0 Å². The van der Waals surface area contributed by atoms with Crippen LogP contribution in [-0.4, -0.2) is 12.6 Å². The molecule has 1 heterocycles. The molecule has 1 unspecified atom stereocenters. The monoisotopic (exact) mass is 188 g/mol. The molecule has 1 aliphatic rings. The lowest BCUT2D eigenvalue weighted by Gasteiger charge is -2.35. The van der Waals surface area contributed by atoms with E-state index in [4.69, 9.17) is 0 Å². The summed E-state index contributed by atoms with van der Waals surface area (Å²) >= 11 is 0. The lowest BCUT2D eigenvalue weighted by atomic mass is 10.0. The predicted octanol–water partition coefficient (Wildman–Crippen LogP) is 3.19. The second kappa shape index (κ2) is 4.04. The molecule has 0 aliphatic carbocycles. The number of hydrogen-bond acceptors (Lipinski definition) is 1. The topological polar surface area (TPSA) is 3.24 Å². The Balaban J connectivity index is 2.16. The van der Waals surface area contributed by atoms with Crippen LogP contribution in [0.3, 0.4) is 0 Å². The third-order valence-corrected chi connectivity index (χ3v) is 2.97. The quantitative estimate of drug-likeness (QED) is 0.654. The van der Waals surface area contributed by atoms with Gasteiger partial charge >= 0.3 is 0 Å². The summed E-state index contributed by atoms with van der Waals surface area (Å²) in [5, 5.41) is 0. The van der Waals surface area contributed by atoms with Gasteiger partial charge in [-0.25, -0.2) is 0 Å². The van der Waals surface area contributed by atoms with Crippen molar-refractivity contribution in [3.05, 3.63) is 36.2 Å². The summed E-state index contributed by atoms with van der Waals surface area (Å²) in [6.45, 7) is 5.61. The Morgan fingerprint density at radius 2 is 1.93 bits per heavy atom. The van der Waals surface area contributed by atoms with E-state index in [0.29, 0.717) is 6.04 Å². The summed E-state index contributed by atoms with van der Waals surface area (Å²) in [6.07, 6.45) is 4.96. The number of rotatable bonds is 1. The zero-order valence-electron chi connectivity index (χ0n) is 9.03.